The van der Waals surface area contributed by atoms with Crippen LogP contribution in [0.4, 0.5) is 9.52 Å². The molecule has 0 radical (unpaired) electrons. The molecule has 1 aromatic carbocycles. The van der Waals surface area contributed by atoms with E-state index in [2.05, 4.69) is 20.3 Å². The highest BCUT2D eigenvalue weighted by atomic mass is 32.1. The lowest BCUT2D eigenvalue weighted by Crippen LogP contribution is -2.41. The first-order chi connectivity index (χ1) is 16.1. The second-order valence-electron chi connectivity index (χ2n) is 7.92. The van der Waals surface area contributed by atoms with Crippen molar-refractivity contribution < 1.29 is 13.6 Å². The van der Waals surface area contributed by atoms with E-state index in [0.29, 0.717) is 43.9 Å². The van der Waals surface area contributed by atoms with Crippen molar-refractivity contribution >= 4 is 32.6 Å². The highest BCUT2D eigenvalue weighted by Crippen LogP contribution is 2.32. The Hall–Kier alpha value is -3.53. The molecule has 33 heavy (non-hydrogen) atoms. The fraction of sp³-hybridized carbons (Fsp3) is 0.304. The van der Waals surface area contributed by atoms with Gasteiger partial charge in [0.2, 0.25) is 5.91 Å². The van der Waals surface area contributed by atoms with Gasteiger partial charge in [0.25, 0.3) is 5.56 Å². The first-order valence-electron chi connectivity index (χ1n) is 10.8. The van der Waals surface area contributed by atoms with Crippen LogP contribution in [-0.2, 0) is 11.3 Å². The van der Waals surface area contributed by atoms with Gasteiger partial charge in [-0.2, -0.15) is 5.10 Å². The Morgan fingerprint density at radius 2 is 2.06 bits per heavy atom. The van der Waals surface area contributed by atoms with E-state index in [1.165, 1.54) is 34.2 Å². The summed E-state index contributed by atoms with van der Waals surface area (Å²) in [6.07, 6.45) is 2.97. The van der Waals surface area contributed by atoms with E-state index < -0.39 is 0 Å². The van der Waals surface area contributed by atoms with Gasteiger partial charge in [-0.3, -0.25) is 9.59 Å². The second-order valence-corrected chi connectivity index (χ2v) is 8.93. The molecular formula is C23H22FN5O3S. The van der Waals surface area contributed by atoms with Gasteiger partial charge in [0.05, 0.1) is 23.0 Å². The van der Waals surface area contributed by atoms with Crippen LogP contribution < -0.4 is 15.8 Å². The molecule has 0 bridgehead atoms. The van der Waals surface area contributed by atoms with Crippen LogP contribution >= 0.6 is 11.3 Å². The quantitative estimate of drug-likeness (QED) is 0.468. The summed E-state index contributed by atoms with van der Waals surface area (Å²) in [5.41, 5.74) is 1.12. The van der Waals surface area contributed by atoms with Crippen LogP contribution in [0, 0.1) is 11.7 Å². The van der Waals surface area contributed by atoms with E-state index in [1.54, 1.807) is 30.5 Å². The molecule has 3 aromatic heterocycles. The van der Waals surface area contributed by atoms with E-state index in [-0.39, 0.29) is 29.7 Å². The molecule has 1 aliphatic rings. The number of hydrogen-bond donors (Lipinski definition) is 1. The summed E-state index contributed by atoms with van der Waals surface area (Å²) in [6.45, 7) is 2.02. The van der Waals surface area contributed by atoms with E-state index in [0.717, 1.165) is 15.3 Å². The van der Waals surface area contributed by atoms with Crippen molar-refractivity contribution in [2.24, 2.45) is 5.92 Å². The molecule has 4 aromatic rings. The van der Waals surface area contributed by atoms with E-state index in [9.17, 15) is 14.0 Å². The lowest BCUT2D eigenvalue weighted by Gasteiger charge is -2.31. The minimum Gasteiger partial charge on any atom is -0.463 e. The monoisotopic (exact) mass is 467 g/mol. The Labute approximate surface area is 192 Å². The summed E-state index contributed by atoms with van der Waals surface area (Å²) >= 11 is 1.47. The average molecular weight is 468 g/mol. The smallest absolute Gasteiger partial charge is 0.266 e. The number of nitrogens with zero attached hydrogens (tertiary/aromatic N) is 4. The number of nitrogens with one attached hydrogen (secondary N) is 1. The van der Waals surface area contributed by atoms with Crippen molar-refractivity contribution in [1.29, 1.82) is 0 Å². The lowest BCUT2D eigenvalue weighted by molar-refractivity contribution is -0.125. The van der Waals surface area contributed by atoms with E-state index in [4.69, 9.17) is 4.42 Å². The Balaban J connectivity index is 1.13. The van der Waals surface area contributed by atoms with Crippen molar-refractivity contribution in [3.63, 3.8) is 0 Å². The zero-order valence-corrected chi connectivity index (χ0v) is 18.6. The van der Waals surface area contributed by atoms with Crippen LogP contribution in [0.5, 0.6) is 0 Å². The second kappa shape index (κ2) is 9.14. The lowest BCUT2D eigenvalue weighted by atomic mass is 9.96. The number of carbonyl (C=O) groups excluding carboxylic acids is 1. The minimum atomic E-state index is -0.266. The standard InChI is InChI=1S/C23H22FN5O3S/c24-16-3-4-18-20(14-16)33-23(26-18)28-10-7-15(8-11-28)22(31)25-9-12-29-21(30)6-5-17(27-29)19-2-1-13-32-19/h1-6,13-15H,7-12H2,(H,25,31). The average Bonchev–Trinajstić information content (AvgIpc) is 3.50. The Kier molecular flexibility index (Phi) is 5.91. The molecule has 1 aliphatic heterocycles. The number of anilines is 1. The van der Waals surface area contributed by atoms with Gasteiger partial charge in [-0.15, -0.1) is 0 Å². The number of aromatic nitrogens is 3. The number of carbonyl (C=O) groups is 1. The molecule has 4 heterocycles. The summed E-state index contributed by atoms with van der Waals surface area (Å²) in [5.74, 6) is 0.208. The molecule has 1 amide bonds. The summed E-state index contributed by atoms with van der Waals surface area (Å²) < 4.78 is 20.9. The summed E-state index contributed by atoms with van der Waals surface area (Å²) in [4.78, 5) is 31.5. The van der Waals surface area contributed by atoms with Gasteiger partial charge < -0.3 is 14.6 Å². The van der Waals surface area contributed by atoms with Gasteiger partial charge >= 0.3 is 0 Å². The Morgan fingerprint density at radius 3 is 2.85 bits per heavy atom. The Morgan fingerprint density at radius 1 is 1.21 bits per heavy atom. The molecule has 0 aliphatic carbocycles. The third-order valence-electron chi connectivity index (χ3n) is 5.74. The normalized spacial score (nSPS) is 14.6. The van der Waals surface area contributed by atoms with Gasteiger partial charge in [0.1, 0.15) is 11.5 Å². The zero-order chi connectivity index (χ0) is 22.8. The number of hydrogen-bond acceptors (Lipinski definition) is 7. The molecule has 1 fully saturated rings. The van der Waals surface area contributed by atoms with Gasteiger partial charge in [-0.05, 0) is 49.2 Å². The molecule has 8 nitrogen and oxygen atoms in total. The highest BCUT2D eigenvalue weighted by molar-refractivity contribution is 7.22. The molecule has 0 spiro atoms. The van der Waals surface area contributed by atoms with Crippen molar-refractivity contribution in [1.82, 2.24) is 20.1 Å². The Bertz CT molecular complexity index is 1330. The third kappa shape index (κ3) is 4.65. The number of rotatable bonds is 6. The number of furan rings is 1. The fourth-order valence-electron chi connectivity index (χ4n) is 3.95. The van der Waals surface area contributed by atoms with Crippen molar-refractivity contribution in [2.75, 3.05) is 24.5 Å². The van der Waals surface area contributed by atoms with E-state index >= 15 is 0 Å². The molecule has 170 valence electrons. The van der Waals surface area contributed by atoms with Crippen LogP contribution in [-0.4, -0.2) is 40.3 Å². The van der Waals surface area contributed by atoms with Crippen LogP contribution in [0.2, 0.25) is 0 Å². The first-order valence-corrected chi connectivity index (χ1v) is 11.6. The van der Waals surface area contributed by atoms with Crippen LogP contribution in [0.3, 0.4) is 0 Å². The molecule has 10 heteroatoms. The van der Waals surface area contributed by atoms with Gasteiger partial charge in [-0.1, -0.05) is 11.3 Å². The number of amides is 1. The summed E-state index contributed by atoms with van der Waals surface area (Å²) in [5, 5.41) is 8.10. The first kappa shape index (κ1) is 21.3. The predicted octanol–water partition coefficient (Wildman–Crippen LogP) is 3.28. The molecule has 1 saturated heterocycles. The number of thiazole rings is 1. The third-order valence-corrected chi connectivity index (χ3v) is 6.82. The maximum absolute atomic E-state index is 13.4. The van der Waals surface area contributed by atoms with Crippen molar-refractivity contribution in [3.05, 3.63) is 64.9 Å². The molecule has 0 atom stereocenters. The summed E-state index contributed by atoms with van der Waals surface area (Å²) in [7, 11) is 0. The number of fused-ring (bicyclic) bond motifs is 1. The van der Waals surface area contributed by atoms with Crippen LogP contribution in [0.25, 0.3) is 21.7 Å². The molecule has 0 unspecified atom stereocenters. The van der Waals surface area contributed by atoms with Gasteiger partial charge in [-0.25, -0.2) is 14.1 Å². The molecule has 5 rings (SSSR count). The minimum absolute atomic E-state index is 0.0174. The summed E-state index contributed by atoms with van der Waals surface area (Å²) in [6, 6.07) is 11.2. The maximum Gasteiger partial charge on any atom is 0.266 e. The maximum atomic E-state index is 13.4. The topological polar surface area (TPSA) is 93.3 Å². The van der Waals surface area contributed by atoms with Gasteiger partial charge in [0, 0.05) is 31.6 Å². The zero-order valence-electron chi connectivity index (χ0n) is 17.7. The van der Waals surface area contributed by atoms with Crippen LogP contribution in [0.15, 0.2) is 57.9 Å². The predicted molar refractivity (Wildman–Crippen MR) is 124 cm³/mol. The van der Waals surface area contributed by atoms with Crippen molar-refractivity contribution in [3.8, 4) is 11.5 Å². The molecule has 0 saturated carbocycles. The van der Waals surface area contributed by atoms with Crippen LogP contribution in [0.1, 0.15) is 12.8 Å². The highest BCUT2D eigenvalue weighted by Gasteiger charge is 2.26. The van der Waals surface area contributed by atoms with Crippen molar-refractivity contribution in [2.45, 2.75) is 19.4 Å². The SMILES string of the molecule is O=C(NCCn1nc(-c2ccco2)ccc1=O)C1CCN(c2nc3ccc(F)cc3s2)CC1. The fourth-order valence-corrected chi connectivity index (χ4v) is 4.99. The molecular weight excluding hydrogens is 445 g/mol. The largest absolute Gasteiger partial charge is 0.463 e. The van der Waals surface area contributed by atoms with E-state index in [1.807, 2.05) is 0 Å². The number of benzene rings is 1. The number of halogens is 1. The number of piperidine rings is 1. The van der Waals surface area contributed by atoms with Gasteiger partial charge in [0.15, 0.2) is 10.9 Å². The molecule has 1 N–H and O–H groups in total.